The predicted octanol–water partition coefficient (Wildman–Crippen LogP) is 3.81. The predicted molar refractivity (Wildman–Crippen MR) is 116 cm³/mol. The van der Waals surface area contributed by atoms with Crippen molar-refractivity contribution >= 4 is 5.69 Å². The number of methoxy groups -OCH3 is 1. The fraction of sp³-hybridized carbons (Fsp3) is 0.348. The molecule has 0 aliphatic carbocycles. The molecule has 1 aliphatic heterocycles. The third-order valence-corrected chi connectivity index (χ3v) is 5.37. The first-order chi connectivity index (χ1) is 14.3. The Balaban J connectivity index is 1.40. The lowest BCUT2D eigenvalue weighted by Crippen LogP contribution is -2.46. The Morgan fingerprint density at radius 2 is 1.76 bits per heavy atom. The Kier molecular flexibility index (Phi) is 6.00. The zero-order chi connectivity index (χ0) is 20.1. The van der Waals surface area contributed by atoms with Gasteiger partial charge in [0, 0.05) is 43.9 Å². The molecular weight excluding hydrogens is 364 g/mol. The molecule has 2 aromatic carbocycles. The van der Waals surface area contributed by atoms with E-state index in [1.165, 1.54) is 11.3 Å². The number of nitrogens with zero attached hydrogens (tertiary/aromatic N) is 3. The molecule has 6 heteroatoms. The summed E-state index contributed by atoms with van der Waals surface area (Å²) >= 11 is 0. The number of rotatable bonds is 7. The Hall–Kier alpha value is -2.99. The van der Waals surface area contributed by atoms with Crippen LogP contribution in [0.4, 0.5) is 5.69 Å². The number of hydrogen-bond donors (Lipinski definition) is 1. The summed E-state index contributed by atoms with van der Waals surface area (Å²) in [5, 5.41) is 7.45. The van der Waals surface area contributed by atoms with Gasteiger partial charge in [0.05, 0.1) is 31.3 Å². The Bertz CT molecular complexity index is 915. The van der Waals surface area contributed by atoms with E-state index in [0.29, 0.717) is 6.61 Å². The molecule has 6 nitrogen and oxygen atoms in total. The second-order valence-electron chi connectivity index (χ2n) is 7.16. The van der Waals surface area contributed by atoms with E-state index in [4.69, 9.17) is 9.47 Å². The number of benzene rings is 2. The van der Waals surface area contributed by atoms with Crippen molar-refractivity contribution in [1.82, 2.24) is 15.1 Å². The topological polar surface area (TPSA) is 53.6 Å². The van der Waals surface area contributed by atoms with E-state index in [1.807, 2.05) is 31.3 Å². The normalized spacial score (nSPS) is 14.8. The average Bonchev–Trinajstić information content (AvgIpc) is 3.23. The van der Waals surface area contributed by atoms with Gasteiger partial charge in [0.15, 0.2) is 0 Å². The summed E-state index contributed by atoms with van der Waals surface area (Å²) in [6, 6.07) is 16.4. The molecule has 29 heavy (non-hydrogen) atoms. The van der Waals surface area contributed by atoms with E-state index in [9.17, 15) is 0 Å². The SMILES string of the molecule is CCOc1ccccc1N1CCN(Cc2cn[nH]c2-c2ccc(OC)cc2)CC1. The van der Waals surface area contributed by atoms with Gasteiger partial charge in [-0.2, -0.15) is 5.10 Å². The summed E-state index contributed by atoms with van der Waals surface area (Å²) in [5.74, 6) is 1.83. The molecule has 0 unspecified atom stereocenters. The molecule has 0 amide bonds. The van der Waals surface area contributed by atoms with Crippen LogP contribution in [-0.2, 0) is 6.54 Å². The van der Waals surface area contributed by atoms with Crippen LogP contribution in [0.2, 0.25) is 0 Å². The molecule has 0 radical (unpaired) electrons. The molecule has 2 heterocycles. The number of H-pyrrole nitrogens is 1. The fourth-order valence-corrected chi connectivity index (χ4v) is 3.82. The van der Waals surface area contributed by atoms with Gasteiger partial charge in [-0.3, -0.25) is 10.00 Å². The van der Waals surface area contributed by atoms with Gasteiger partial charge in [0.25, 0.3) is 0 Å². The number of hydrogen-bond acceptors (Lipinski definition) is 5. The summed E-state index contributed by atoms with van der Waals surface area (Å²) in [7, 11) is 1.68. The van der Waals surface area contributed by atoms with Crippen molar-refractivity contribution < 1.29 is 9.47 Å². The quantitative estimate of drug-likeness (QED) is 0.663. The van der Waals surface area contributed by atoms with Gasteiger partial charge >= 0.3 is 0 Å². The maximum Gasteiger partial charge on any atom is 0.142 e. The van der Waals surface area contributed by atoms with Gasteiger partial charge in [-0.05, 0) is 43.3 Å². The third-order valence-electron chi connectivity index (χ3n) is 5.37. The molecule has 1 aliphatic rings. The van der Waals surface area contributed by atoms with Gasteiger partial charge in [-0.15, -0.1) is 0 Å². The highest BCUT2D eigenvalue weighted by Gasteiger charge is 2.21. The minimum atomic E-state index is 0.686. The van der Waals surface area contributed by atoms with Crippen LogP contribution >= 0.6 is 0 Å². The van der Waals surface area contributed by atoms with Crippen LogP contribution in [0.5, 0.6) is 11.5 Å². The van der Waals surface area contributed by atoms with Crippen LogP contribution in [-0.4, -0.2) is 55.0 Å². The second-order valence-corrected chi connectivity index (χ2v) is 7.16. The van der Waals surface area contributed by atoms with E-state index in [-0.39, 0.29) is 0 Å². The molecule has 1 saturated heterocycles. The number of piperazine rings is 1. The van der Waals surface area contributed by atoms with E-state index in [2.05, 4.69) is 50.3 Å². The molecule has 1 N–H and O–H groups in total. The average molecular weight is 393 g/mol. The van der Waals surface area contributed by atoms with E-state index in [1.54, 1.807) is 7.11 Å². The van der Waals surface area contributed by atoms with Gasteiger partial charge in [0.1, 0.15) is 11.5 Å². The molecule has 4 rings (SSSR count). The molecular formula is C23H28N4O2. The lowest BCUT2D eigenvalue weighted by atomic mass is 10.1. The van der Waals surface area contributed by atoms with Crippen molar-refractivity contribution in [3.05, 3.63) is 60.3 Å². The highest BCUT2D eigenvalue weighted by Crippen LogP contribution is 2.29. The summed E-state index contributed by atoms with van der Waals surface area (Å²) in [5.41, 5.74) is 4.62. The fourth-order valence-electron chi connectivity index (χ4n) is 3.82. The Morgan fingerprint density at radius 3 is 2.48 bits per heavy atom. The molecule has 3 aromatic rings. The standard InChI is InChI=1S/C23H28N4O2/c1-3-29-22-7-5-4-6-21(22)27-14-12-26(13-15-27)17-19-16-24-25-23(19)18-8-10-20(28-2)11-9-18/h4-11,16H,3,12-15,17H2,1-2H3,(H,24,25). The maximum atomic E-state index is 5.81. The molecule has 0 saturated carbocycles. The summed E-state index contributed by atoms with van der Waals surface area (Å²) in [6.45, 7) is 7.59. The maximum absolute atomic E-state index is 5.81. The van der Waals surface area contributed by atoms with Crippen molar-refractivity contribution in [2.24, 2.45) is 0 Å². The first kappa shape index (κ1) is 19.3. The van der Waals surface area contributed by atoms with Crippen molar-refractivity contribution in [2.75, 3.05) is 44.8 Å². The van der Waals surface area contributed by atoms with Gasteiger partial charge in [-0.1, -0.05) is 12.1 Å². The molecule has 0 bridgehead atoms. The lowest BCUT2D eigenvalue weighted by molar-refractivity contribution is 0.249. The minimum Gasteiger partial charge on any atom is -0.497 e. The number of aromatic amines is 1. The monoisotopic (exact) mass is 392 g/mol. The first-order valence-electron chi connectivity index (χ1n) is 10.1. The Morgan fingerprint density at radius 1 is 1.00 bits per heavy atom. The first-order valence-corrected chi connectivity index (χ1v) is 10.1. The number of nitrogens with one attached hydrogen (secondary N) is 1. The largest absolute Gasteiger partial charge is 0.497 e. The highest BCUT2D eigenvalue weighted by atomic mass is 16.5. The van der Waals surface area contributed by atoms with E-state index in [0.717, 1.165) is 55.5 Å². The smallest absolute Gasteiger partial charge is 0.142 e. The van der Waals surface area contributed by atoms with Gasteiger partial charge in [-0.25, -0.2) is 0 Å². The second kappa shape index (κ2) is 9.01. The van der Waals surface area contributed by atoms with Crippen LogP contribution < -0.4 is 14.4 Å². The van der Waals surface area contributed by atoms with E-state index < -0.39 is 0 Å². The minimum absolute atomic E-state index is 0.686. The number of ether oxygens (including phenoxy) is 2. The zero-order valence-corrected chi connectivity index (χ0v) is 17.1. The van der Waals surface area contributed by atoms with Gasteiger partial charge < -0.3 is 14.4 Å². The van der Waals surface area contributed by atoms with Crippen LogP contribution in [0, 0.1) is 0 Å². The van der Waals surface area contributed by atoms with Crippen molar-refractivity contribution in [1.29, 1.82) is 0 Å². The molecule has 0 atom stereocenters. The lowest BCUT2D eigenvalue weighted by Gasteiger charge is -2.36. The molecule has 1 fully saturated rings. The highest BCUT2D eigenvalue weighted by molar-refractivity contribution is 5.63. The molecule has 1 aromatic heterocycles. The van der Waals surface area contributed by atoms with Crippen molar-refractivity contribution in [3.8, 4) is 22.8 Å². The van der Waals surface area contributed by atoms with Crippen LogP contribution in [0.1, 0.15) is 12.5 Å². The van der Waals surface area contributed by atoms with Crippen LogP contribution in [0.3, 0.4) is 0 Å². The Labute approximate surface area is 172 Å². The summed E-state index contributed by atoms with van der Waals surface area (Å²) in [4.78, 5) is 4.90. The third kappa shape index (κ3) is 4.38. The number of aromatic nitrogens is 2. The van der Waals surface area contributed by atoms with Crippen LogP contribution in [0.15, 0.2) is 54.7 Å². The zero-order valence-electron chi connectivity index (χ0n) is 17.1. The molecule has 152 valence electrons. The summed E-state index contributed by atoms with van der Waals surface area (Å²) < 4.78 is 11.1. The molecule has 0 spiro atoms. The van der Waals surface area contributed by atoms with E-state index >= 15 is 0 Å². The van der Waals surface area contributed by atoms with Crippen molar-refractivity contribution in [3.63, 3.8) is 0 Å². The summed E-state index contributed by atoms with van der Waals surface area (Å²) in [6.07, 6.45) is 1.94. The number of para-hydroxylation sites is 2. The van der Waals surface area contributed by atoms with Crippen LogP contribution in [0.25, 0.3) is 11.3 Å². The number of anilines is 1. The van der Waals surface area contributed by atoms with Gasteiger partial charge in [0.2, 0.25) is 0 Å². The van der Waals surface area contributed by atoms with Crippen molar-refractivity contribution in [2.45, 2.75) is 13.5 Å².